The van der Waals surface area contributed by atoms with Gasteiger partial charge in [-0.05, 0) is 36.5 Å². The van der Waals surface area contributed by atoms with E-state index in [2.05, 4.69) is 34.6 Å². The molecule has 0 spiro atoms. The SMILES string of the molecule is CCCCCCC(CCC(C)C)CC(CCCC(CC(=O)O)C(=O)O)CCC(C)C. The topological polar surface area (TPSA) is 74.6 Å². The highest BCUT2D eigenvalue weighted by molar-refractivity contribution is 5.77. The highest BCUT2D eigenvalue weighted by Gasteiger charge is 2.22. The fourth-order valence-corrected chi connectivity index (χ4v) is 4.41. The van der Waals surface area contributed by atoms with Crippen LogP contribution in [0.4, 0.5) is 0 Å². The smallest absolute Gasteiger partial charge is 0.307 e. The molecule has 3 atom stereocenters. The first-order chi connectivity index (χ1) is 14.1. The third-order valence-corrected chi connectivity index (χ3v) is 6.37. The first kappa shape index (κ1) is 28.9. The highest BCUT2D eigenvalue weighted by atomic mass is 16.4. The Labute approximate surface area is 186 Å². The van der Waals surface area contributed by atoms with Crippen molar-refractivity contribution in [3.05, 3.63) is 0 Å². The van der Waals surface area contributed by atoms with Crippen molar-refractivity contribution in [2.75, 3.05) is 0 Å². The second kappa shape index (κ2) is 17.6. The third kappa shape index (κ3) is 16.7. The van der Waals surface area contributed by atoms with Crippen LogP contribution in [0, 0.1) is 29.6 Å². The number of carboxylic acid groups (broad SMARTS) is 2. The molecule has 0 aromatic carbocycles. The predicted molar refractivity (Wildman–Crippen MR) is 126 cm³/mol. The van der Waals surface area contributed by atoms with E-state index in [0.29, 0.717) is 18.3 Å². The lowest BCUT2D eigenvalue weighted by molar-refractivity contribution is -0.148. The number of aliphatic carboxylic acids is 2. The van der Waals surface area contributed by atoms with Crippen molar-refractivity contribution < 1.29 is 19.8 Å². The molecular weight excluding hydrogens is 376 g/mol. The fraction of sp³-hybridized carbons (Fsp3) is 0.923. The Morgan fingerprint density at radius 2 is 1.20 bits per heavy atom. The van der Waals surface area contributed by atoms with Gasteiger partial charge in [0.2, 0.25) is 0 Å². The summed E-state index contributed by atoms with van der Waals surface area (Å²) in [6.45, 7) is 11.4. The Balaban J connectivity index is 4.83. The summed E-state index contributed by atoms with van der Waals surface area (Å²) in [4.78, 5) is 22.3. The van der Waals surface area contributed by atoms with Gasteiger partial charge in [0, 0.05) is 0 Å². The van der Waals surface area contributed by atoms with Gasteiger partial charge in [0.1, 0.15) is 0 Å². The minimum atomic E-state index is -1.01. The Morgan fingerprint density at radius 3 is 1.63 bits per heavy atom. The number of rotatable bonds is 20. The monoisotopic (exact) mass is 426 g/mol. The summed E-state index contributed by atoms with van der Waals surface area (Å²) in [5.41, 5.74) is 0. The molecule has 178 valence electrons. The van der Waals surface area contributed by atoms with Crippen LogP contribution in [-0.2, 0) is 9.59 Å². The molecule has 0 rings (SSSR count). The lowest BCUT2D eigenvalue weighted by Gasteiger charge is -2.25. The van der Waals surface area contributed by atoms with E-state index < -0.39 is 17.9 Å². The van der Waals surface area contributed by atoms with E-state index >= 15 is 0 Å². The van der Waals surface area contributed by atoms with Crippen LogP contribution < -0.4 is 0 Å². The second-order valence-corrected chi connectivity index (χ2v) is 10.3. The lowest BCUT2D eigenvalue weighted by atomic mass is 9.80. The van der Waals surface area contributed by atoms with Crippen LogP contribution >= 0.6 is 0 Å². The summed E-state index contributed by atoms with van der Waals surface area (Å²) >= 11 is 0. The molecule has 0 radical (unpaired) electrons. The van der Waals surface area contributed by atoms with Gasteiger partial charge in [0.25, 0.3) is 0 Å². The molecule has 0 saturated carbocycles. The van der Waals surface area contributed by atoms with Crippen molar-refractivity contribution in [1.29, 1.82) is 0 Å². The minimum Gasteiger partial charge on any atom is -0.481 e. The molecule has 2 N–H and O–H groups in total. The van der Waals surface area contributed by atoms with Crippen molar-refractivity contribution >= 4 is 11.9 Å². The maximum atomic E-state index is 11.4. The van der Waals surface area contributed by atoms with Gasteiger partial charge < -0.3 is 10.2 Å². The van der Waals surface area contributed by atoms with E-state index in [1.165, 1.54) is 64.2 Å². The number of carboxylic acids is 2. The molecule has 3 unspecified atom stereocenters. The zero-order valence-corrected chi connectivity index (χ0v) is 20.5. The molecule has 0 aromatic heterocycles. The average molecular weight is 427 g/mol. The first-order valence-electron chi connectivity index (χ1n) is 12.6. The van der Waals surface area contributed by atoms with E-state index in [0.717, 1.165) is 24.7 Å². The normalized spacial score (nSPS) is 14.8. The molecule has 0 heterocycles. The molecular formula is C26H50O4. The van der Waals surface area contributed by atoms with Crippen LogP contribution in [0.5, 0.6) is 0 Å². The van der Waals surface area contributed by atoms with Crippen LogP contribution in [0.2, 0.25) is 0 Å². The summed E-state index contributed by atoms with van der Waals surface area (Å²) < 4.78 is 0. The molecule has 4 nitrogen and oxygen atoms in total. The molecule has 0 aliphatic carbocycles. The van der Waals surface area contributed by atoms with Crippen molar-refractivity contribution in [3.8, 4) is 0 Å². The summed E-state index contributed by atoms with van der Waals surface area (Å²) in [5, 5.41) is 18.3. The van der Waals surface area contributed by atoms with E-state index in [9.17, 15) is 14.7 Å². The van der Waals surface area contributed by atoms with Crippen LogP contribution in [0.3, 0.4) is 0 Å². The van der Waals surface area contributed by atoms with Crippen molar-refractivity contribution in [2.45, 2.75) is 125 Å². The van der Waals surface area contributed by atoms with Gasteiger partial charge in [-0.25, -0.2) is 0 Å². The molecule has 0 aliphatic heterocycles. The summed E-state index contributed by atoms with van der Waals surface area (Å²) in [7, 11) is 0. The van der Waals surface area contributed by atoms with Crippen LogP contribution in [-0.4, -0.2) is 22.2 Å². The van der Waals surface area contributed by atoms with Gasteiger partial charge in [-0.1, -0.05) is 105 Å². The van der Waals surface area contributed by atoms with E-state index in [-0.39, 0.29) is 6.42 Å². The fourth-order valence-electron chi connectivity index (χ4n) is 4.41. The second-order valence-electron chi connectivity index (χ2n) is 10.3. The van der Waals surface area contributed by atoms with Gasteiger partial charge in [0.05, 0.1) is 12.3 Å². The number of hydrogen-bond acceptors (Lipinski definition) is 2. The van der Waals surface area contributed by atoms with Gasteiger partial charge in [-0.15, -0.1) is 0 Å². The molecule has 0 amide bonds. The van der Waals surface area contributed by atoms with Crippen LogP contribution in [0.1, 0.15) is 125 Å². The highest BCUT2D eigenvalue weighted by Crippen LogP contribution is 2.32. The zero-order valence-electron chi connectivity index (χ0n) is 20.5. The summed E-state index contributed by atoms with van der Waals surface area (Å²) in [6.07, 6.45) is 14.9. The van der Waals surface area contributed by atoms with Gasteiger partial charge in [-0.3, -0.25) is 9.59 Å². The van der Waals surface area contributed by atoms with Crippen LogP contribution in [0.15, 0.2) is 0 Å². The van der Waals surface area contributed by atoms with Crippen LogP contribution in [0.25, 0.3) is 0 Å². The largest absolute Gasteiger partial charge is 0.481 e. The maximum Gasteiger partial charge on any atom is 0.307 e. The molecule has 0 saturated heterocycles. The Hall–Kier alpha value is -1.06. The van der Waals surface area contributed by atoms with Crippen molar-refractivity contribution in [2.24, 2.45) is 29.6 Å². The van der Waals surface area contributed by atoms with Gasteiger partial charge in [0.15, 0.2) is 0 Å². The summed E-state index contributed by atoms with van der Waals surface area (Å²) in [6, 6.07) is 0. The Bertz CT molecular complexity index is 444. The maximum absolute atomic E-state index is 11.4. The van der Waals surface area contributed by atoms with E-state index in [4.69, 9.17) is 5.11 Å². The van der Waals surface area contributed by atoms with Gasteiger partial charge in [-0.2, -0.15) is 0 Å². The van der Waals surface area contributed by atoms with Gasteiger partial charge >= 0.3 is 11.9 Å². The van der Waals surface area contributed by atoms with E-state index in [1.54, 1.807) is 0 Å². The van der Waals surface area contributed by atoms with E-state index in [1.807, 2.05) is 0 Å². The molecule has 0 bridgehead atoms. The molecule has 0 aromatic rings. The van der Waals surface area contributed by atoms with Crippen molar-refractivity contribution in [1.82, 2.24) is 0 Å². The number of unbranched alkanes of at least 4 members (excludes halogenated alkanes) is 3. The third-order valence-electron chi connectivity index (χ3n) is 6.37. The lowest BCUT2D eigenvalue weighted by Crippen LogP contribution is -2.18. The first-order valence-corrected chi connectivity index (χ1v) is 12.6. The van der Waals surface area contributed by atoms with Crippen molar-refractivity contribution in [3.63, 3.8) is 0 Å². The summed E-state index contributed by atoms with van der Waals surface area (Å²) in [5.74, 6) is 0.0979. The molecule has 0 aliphatic rings. The minimum absolute atomic E-state index is 0.263. The predicted octanol–water partition coefficient (Wildman–Crippen LogP) is 7.80. The molecule has 4 heteroatoms. The average Bonchev–Trinajstić information content (AvgIpc) is 2.65. The quantitative estimate of drug-likeness (QED) is 0.195. The number of hydrogen-bond donors (Lipinski definition) is 2. The standard InChI is InChI=1S/C26H50O4/c1-6-7-8-9-11-22(16-14-20(2)3)18-23(17-15-21(4)5)12-10-13-24(26(29)30)19-25(27)28/h20-24H,6-19H2,1-5H3,(H,27,28)(H,29,30). The molecule has 0 fully saturated rings. The Morgan fingerprint density at radius 1 is 0.667 bits per heavy atom. The number of carbonyl (C=O) groups is 2. The zero-order chi connectivity index (χ0) is 22.9. The Kier molecular flexibility index (Phi) is 17.0. The molecule has 30 heavy (non-hydrogen) atoms.